The number of piperazine rings is 1. The van der Waals surface area contributed by atoms with Gasteiger partial charge in [-0.1, -0.05) is 42.5 Å². The van der Waals surface area contributed by atoms with Gasteiger partial charge in [-0.15, -0.1) is 11.3 Å². The van der Waals surface area contributed by atoms with Crippen molar-refractivity contribution in [3.8, 4) is 0 Å². The third-order valence-electron chi connectivity index (χ3n) is 4.68. The van der Waals surface area contributed by atoms with E-state index in [0.717, 1.165) is 43.3 Å². The third-order valence-corrected chi connectivity index (χ3v) is 5.51. The predicted octanol–water partition coefficient (Wildman–Crippen LogP) is 3.70. The van der Waals surface area contributed by atoms with Crippen molar-refractivity contribution in [2.75, 3.05) is 31.1 Å². The molecule has 0 unspecified atom stereocenters. The number of anilines is 1. The van der Waals surface area contributed by atoms with E-state index < -0.39 is 0 Å². The van der Waals surface area contributed by atoms with Gasteiger partial charge in [-0.2, -0.15) is 0 Å². The fourth-order valence-electron chi connectivity index (χ4n) is 3.30. The van der Waals surface area contributed by atoms with Gasteiger partial charge < -0.3 is 9.80 Å². The molecule has 0 aliphatic carbocycles. The van der Waals surface area contributed by atoms with E-state index in [-0.39, 0.29) is 5.91 Å². The molecule has 0 bridgehead atoms. The van der Waals surface area contributed by atoms with Gasteiger partial charge in [0.05, 0.1) is 0 Å². The predicted molar refractivity (Wildman–Crippen MR) is 106 cm³/mol. The quantitative estimate of drug-likeness (QED) is 0.709. The minimum atomic E-state index is 0.124. The first-order chi connectivity index (χ1) is 12.8. The molecule has 2 aromatic carbocycles. The van der Waals surface area contributed by atoms with Crippen molar-refractivity contribution in [2.24, 2.45) is 0 Å². The summed E-state index contributed by atoms with van der Waals surface area (Å²) < 4.78 is 0. The summed E-state index contributed by atoms with van der Waals surface area (Å²) in [5.74, 6) is 0.124. The highest BCUT2D eigenvalue weighted by Crippen LogP contribution is 2.20. The van der Waals surface area contributed by atoms with Crippen molar-refractivity contribution < 1.29 is 4.79 Å². The van der Waals surface area contributed by atoms with Gasteiger partial charge in [0.25, 0.3) is 5.91 Å². The SMILES string of the molecule is O=C(c1cccc(Cc2ccccc2)c1)N1CCN(c2nccs2)CC1. The van der Waals surface area contributed by atoms with Gasteiger partial charge in [0.15, 0.2) is 5.13 Å². The number of amides is 1. The van der Waals surface area contributed by atoms with Crippen molar-refractivity contribution in [1.82, 2.24) is 9.88 Å². The summed E-state index contributed by atoms with van der Waals surface area (Å²) >= 11 is 1.65. The molecule has 1 fully saturated rings. The number of carbonyl (C=O) groups is 1. The summed E-state index contributed by atoms with van der Waals surface area (Å²) in [6, 6.07) is 18.4. The molecule has 0 spiro atoms. The summed E-state index contributed by atoms with van der Waals surface area (Å²) in [6.07, 6.45) is 2.68. The van der Waals surface area contributed by atoms with Gasteiger partial charge in [0.1, 0.15) is 0 Å². The lowest BCUT2D eigenvalue weighted by Crippen LogP contribution is -2.48. The largest absolute Gasteiger partial charge is 0.345 e. The molecule has 2 heterocycles. The molecule has 0 radical (unpaired) electrons. The standard InChI is InChI=1S/C21H21N3OS/c25-20(23-10-12-24(13-11-23)21-22-9-14-26-21)19-8-4-7-18(16-19)15-17-5-2-1-3-6-17/h1-9,14,16H,10-13,15H2. The third kappa shape index (κ3) is 3.78. The van der Waals surface area contributed by atoms with E-state index >= 15 is 0 Å². The first-order valence-electron chi connectivity index (χ1n) is 8.86. The number of rotatable bonds is 4. The second-order valence-electron chi connectivity index (χ2n) is 6.46. The Bertz CT molecular complexity index is 856. The molecule has 132 valence electrons. The molecule has 1 saturated heterocycles. The zero-order valence-corrected chi connectivity index (χ0v) is 15.4. The van der Waals surface area contributed by atoms with Crippen LogP contribution in [0.1, 0.15) is 21.5 Å². The number of thiazole rings is 1. The normalized spacial score (nSPS) is 14.5. The lowest BCUT2D eigenvalue weighted by atomic mass is 10.0. The Kier molecular flexibility index (Phi) is 4.97. The molecule has 0 N–H and O–H groups in total. The average Bonchev–Trinajstić information content (AvgIpc) is 3.23. The summed E-state index contributed by atoms with van der Waals surface area (Å²) in [6.45, 7) is 3.15. The van der Waals surface area contributed by atoms with E-state index in [2.05, 4.69) is 28.1 Å². The minimum Gasteiger partial charge on any atom is -0.345 e. The van der Waals surface area contributed by atoms with Crippen molar-refractivity contribution >= 4 is 22.4 Å². The molecular formula is C21H21N3OS. The van der Waals surface area contributed by atoms with Gasteiger partial charge in [0, 0.05) is 43.3 Å². The van der Waals surface area contributed by atoms with E-state index in [1.807, 2.05) is 52.9 Å². The van der Waals surface area contributed by atoms with Crippen LogP contribution in [0.2, 0.25) is 0 Å². The summed E-state index contributed by atoms with van der Waals surface area (Å²) in [4.78, 5) is 21.5. The lowest BCUT2D eigenvalue weighted by molar-refractivity contribution is 0.0746. The molecule has 1 aliphatic heterocycles. The second kappa shape index (κ2) is 7.70. The summed E-state index contributed by atoms with van der Waals surface area (Å²) in [5.41, 5.74) is 3.21. The van der Waals surface area contributed by atoms with E-state index in [9.17, 15) is 4.79 Å². The number of hydrogen-bond acceptors (Lipinski definition) is 4. The average molecular weight is 363 g/mol. The Labute approximate surface area is 157 Å². The number of carbonyl (C=O) groups excluding carboxylic acids is 1. The second-order valence-corrected chi connectivity index (χ2v) is 7.33. The van der Waals surface area contributed by atoms with Crippen LogP contribution >= 0.6 is 11.3 Å². The van der Waals surface area contributed by atoms with Crippen molar-refractivity contribution in [3.63, 3.8) is 0 Å². The minimum absolute atomic E-state index is 0.124. The molecule has 1 amide bonds. The van der Waals surface area contributed by atoms with Crippen LogP contribution in [0.15, 0.2) is 66.2 Å². The van der Waals surface area contributed by atoms with Crippen LogP contribution < -0.4 is 4.90 Å². The maximum Gasteiger partial charge on any atom is 0.253 e. The fourth-order valence-corrected chi connectivity index (χ4v) is 4.00. The van der Waals surface area contributed by atoms with E-state index in [1.165, 1.54) is 11.1 Å². The van der Waals surface area contributed by atoms with Crippen LogP contribution in [0, 0.1) is 0 Å². The Morgan fingerprint density at radius 1 is 0.962 bits per heavy atom. The first-order valence-corrected chi connectivity index (χ1v) is 9.74. The monoisotopic (exact) mass is 363 g/mol. The molecule has 4 rings (SSSR count). The zero-order valence-electron chi connectivity index (χ0n) is 14.5. The van der Waals surface area contributed by atoms with Gasteiger partial charge >= 0.3 is 0 Å². The lowest BCUT2D eigenvalue weighted by Gasteiger charge is -2.34. The maximum atomic E-state index is 12.9. The van der Waals surface area contributed by atoms with Gasteiger partial charge in [-0.05, 0) is 29.7 Å². The molecule has 0 saturated carbocycles. The Balaban J connectivity index is 1.41. The first kappa shape index (κ1) is 16.8. The fraction of sp³-hybridized carbons (Fsp3) is 0.238. The molecule has 1 aromatic heterocycles. The van der Waals surface area contributed by atoms with Crippen molar-refractivity contribution in [1.29, 1.82) is 0 Å². The number of nitrogens with zero attached hydrogens (tertiary/aromatic N) is 3. The maximum absolute atomic E-state index is 12.9. The molecule has 1 aliphatic rings. The number of aromatic nitrogens is 1. The van der Waals surface area contributed by atoms with E-state index in [0.29, 0.717) is 0 Å². The molecule has 0 atom stereocenters. The summed E-state index contributed by atoms with van der Waals surface area (Å²) in [7, 11) is 0. The van der Waals surface area contributed by atoms with Gasteiger partial charge in [0.2, 0.25) is 0 Å². The number of benzene rings is 2. The smallest absolute Gasteiger partial charge is 0.253 e. The highest BCUT2D eigenvalue weighted by molar-refractivity contribution is 7.13. The molecule has 4 nitrogen and oxygen atoms in total. The van der Waals surface area contributed by atoms with Crippen molar-refractivity contribution in [3.05, 3.63) is 82.9 Å². The Hall–Kier alpha value is -2.66. The van der Waals surface area contributed by atoms with Crippen molar-refractivity contribution in [2.45, 2.75) is 6.42 Å². The highest BCUT2D eigenvalue weighted by atomic mass is 32.1. The molecular weight excluding hydrogens is 342 g/mol. The molecule has 3 aromatic rings. The van der Waals surface area contributed by atoms with Gasteiger partial charge in [-0.3, -0.25) is 4.79 Å². The van der Waals surface area contributed by atoms with Gasteiger partial charge in [-0.25, -0.2) is 4.98 Å². The van der Waals surface area contributed by atoms with Crippen LogP contribution in [0.25, 0.3) is 0 Å². The number of hydrogen-bond donors (Lipinski definition) is 0. The topological polar surface area (TPSA) is 36.4 Å². The highest BCUT2D eigenvalue weighted by Gasteiger charge is 2.23. The molecule has 5 heteroatoms. The van der Waals surface area contributed by atoms with Crippen LogP contribution in [0.5, 0.6) is 0 Å². The summed E-state index contributed by atoms with van der Waals surface area (Å²) in [5, 5.41) is 3.03. The van der Waals surface area contributed by atoms with Crippen LogP contribution in [-0.4, -0.2) is 42.0 Å². The van der Waals surface area contributed by atoms with Crippen LogP contribution in [-0.2, 0) is 6.42 Å². The van der Waals surface area contributed by atoms with E-state index in [1.54, 1.807) is 11.3 Å². The Morgan fingerprint density at radius 3 is 2.46 bits per heavy atom. The van der Waals surface area contributed by atoms with Crippen LogP contribution in [0.3, 0.4) is 0 Å². The van der Waals surface area contributed by atoms with E-state index in [4.69, 9.17) is 0 Å². The molecule has 26 heavy (non-hydrogen) atoms. The zero-order chi connectivity index (χ0) is 17.8. The Morgan fingerprint density at radius 2 is 1.73 bits per heavy atom. The van der Waals surface area contributed by atoms with Crippen LogP contribution in [0.4, 0.5) is 5.13 Å².